The topological polar surface area (TPSA) is 39.1 Å². The predicted molar refractivity (Wildman–Crippen MR) is 62.5 cm³/mol. The standard InChI is InChI=1S/C12H23N3/c1-4-14-12(3,9-13)10-15-7-5-6-11(2)8-15/h11,14H,4-8,10H2,1-3H3. The Morgan fingerprint density at radius 1 is 1.60 bits per heavy atom. The van der Waals surface area contributed by atoms with E-state index < -0.39 is 0 Å². The Balaban J connectivity index is 2.47. The average Bonchev–Trinajstić information content (AvgIpc) is 2.18. The second-order valence-corrected chi connectivity index (χ2v) is 4.96. The molecule has 86 valence electrons. The Kier molecular flexibility index (Phi) is 4.56. The minimum Gasteiger partial charge on any atom is -0.300 e. The van der Waals surface area contributed by atoms with Crippen molar-refractivity contribution in [3.8, 4) is 6.07 Å². The zero-order valence-corrected chi connectivity index (χ0v) is 10.2. The van der Waals surface area contributed by atoms with Gasteiger partial charge in [0.15, 0.2) is 0 Å². The maximum absolute atomic E-state index is 9.17. The summed E-state index contributed by atoms with van der Waals surface area (Å²) >= 11 is 0. The van der Waals surface area contributed by atoms with Crippen molar-refractivity contribution in [1.29, 1.82) is 5.26 Å². The van der Waals surface area contributed by atoms with Crippen LogP contribution in [0, 0.1) is 17.2 Å². The summed E-state index contributed by atoms with van der Waals surface area (Å²) in [6.45, 7) is 10.3. The first-order valence-corrected chi connectivity index (χ1v) is 5.98. The van der Waals surface area contributed by atoms with Gasteiger partial charge in [0.05, 0.1) is 6.07 Å². The molecule has 3 heteroatoms. The summed E-state index contributed by atoms with van der Waals surface area (Å²) in [7, 11) is 0. The van der Waals surface area contributed by atoms with Crippen molar-refractivity contribution < 1.29 is 0 Å². The highest BCUT2D eigenvalue weighted by Crippen LogP contribution is 2.17. The lowest BCUT2D eigenvalue weighted by atomic mass is 9.97. The van der Waals surface area contributed by atoms with Gasteiger partial charge in [-0.25, -0.2) is 0 Å². The SMILES string of the molecule is CCNC(C)(C#N)CN1CCCC(C)C1. The van der Waals surface area contributed by atoms with Crippen molar-refractivity contribution in [1.82, 2.24) is 10.2 Å². The minimum absolute atomic E-state index is 0.383. The van der Waals surface area contributed by atoms with E-state index in [1.807, 2.05) is 6.92 Å². The van der Waals surface area contributed by atoms with Gasteiger partial charge < -0.3 is 4.90 Å². The van der Waals surface area contributed by atoms with E-state index in [0.29, 0.717) is 0 Å². The first-order chi connectivity index (χ1) is 7.09. The van der Waals surface area contributed by atoms with Gasteiger partial charge in [-0.15, -0.1) is 0 Å². The van der Waals surface area contributed by atoms with Gasteiger partial charge in [0.25, 0.3) is 0 Å². The van der Waals surface area contributed by atoms with Crippen LogP contribution in [0.2, 0.25) is 0 Å². The number of nitrogens with zero attached hydrogens (tertiary/aromatic N) is 2. The monoisotopic (exact) mass is 209 g/mol. The molecule has 3 nitrogen and oxygen atoms in total. The van der Waals surface area contributed by atoms with Crippen molar-refractivity contribution in [2.24, 2.45) is 5.92 Å². The highest BCUT2D eigenvalue weighted by Gasteiger charge is 2.27. The lowest BCUT2D eigenvalue weighted by Gasteiger charge is -2.35. The maximum atomic E-state index is 9.17. The molecular weight excluding hydrogens is 186 g/mol. The predicted octanol–water partition coefficient (Wildman–Crippen LogP) is 1.61. The van der Waals surface area contributed by atoms with Crippen LogP contribution in [0.5, 0.6) is 0 Å². The van der Waals surface area contributed by atoms with Crippen LogP contribution in [0.4, 0.5) is 0 Å². The van der Waals surface area contributed by atoms with Crippen LogP contribution in [0.15, 0.2) is 0 Å². The summed E-state index contributed by atoms with van der Waals surface area (Å²) in [4.78, 5) is 2.42. The average molecular weight is 209 g/mol. The molecule has 1 N–H and O–H groups in total. The van der Waals surface area contributed by atoms with Crippen molar-refractivity contribution in [3.05, 3.63) is 0 Å². The van der Waals surface area contributed by atoms with E-state index in [1.165, 1.54) is 12.8 Å². The zero-order chi connectivity index (χ0) is 11.3. The second-order valence-electron chi connectivity index (χ2n) is 4.96. The molecular formula is C12H23N3. The van der Waals surface area contributed by atoms with E-state index in [0.717, 1.165) is 32.1 Å². The first kappa shape index (κ1) is 12.5. The molecule has 1 rings (SSSR count). The molecule has 1 aliphatic heterocycles. The van der Waals surface area contributed by atoms with E-state index in [1.54, 1.807) is 0 Å². The number of hydrogen-bond acceptors (Lipinski definition) is 3. The molecule has 0 radical (unpaired) electrons. The normalized spacial score (nSPS) is 26.9. The third-order valence-corrected chi connectivity index (χ3v) is 3.09. The Morgan fingerprint density at radius 3 is 2.87 bits per heavy atom. The van der Waals surface area contributed by atoms with Crippen molar-refractivity contribution in [2.75, 3.05) is 26.2 Å². The lowest BCUT2D eigenvalue weighted by molar-refractivity contribution is 0.154. The molecule has 2 unspecified atom stereocenters. The number of likely N-dealkylation sites (tertiary alicyclic amines) is 1. The minimum atomic E-state index is -0.383. The van der Waals surface area contributed by atoms with Crippen molar-refractivity contribution in [3.63, 3.8) is 0 Å². The molecule has 2 atom stereocenters. The van der Waals surface area contributed by atoms with Crippen LogP contribution in [-0.4, -0.2) is 36.6 Å². The van der Waals surface area contributed by atoms with Crippen molar-refractivity contribution >= 4 is 0 Å². The maximum Gasteiger partial charge on any atom is 0.116 e. The molecule has 0 aliphatic carbocycles. The number of nitriles is 1. The van der Waals surface area contributed by atoms with Crippen LogP contribution in [0.25, 0.3) is 0 Å². The zero-order valence-electron chi connectivity index (χ0n) is 10.2. The molecule has 0 aromatic carbocycles. The fourth-order valence-corrected chi connectivity index (χ4v) is 2.40. The molecule has 1 fully saturated rings. The molecule has 1 saturated heterocycles. The molecule has 0 bridgehead atoms. The van der Waals surface area contributed by atoms with Gasteiger partial charge >= 0.3 is 0 Å². The van der Waals surface area contributed by atoms with Crippen LogP contribution >= 0.6 is 0 Å². The summed E-state index contributed by atoms with van der Waals surface area (Å²) in [6, 6.07) is 2.39. The highest BCUT2D eigenvalue weighted by molar-refractivity contribution is 5.05. The van der Waals surface area contributed by atoms with Gasteiger partial charge in [0.1, 0.15) is 5.54 Å². The largest absolute Gasteiger partial charge is 0.300 e. The van der Waals surface area contributed by atoms with Crippen LogP contribution in [-0.2, 0) is 0 Å². The van der Waals surface area contributed by atoms with Gasteiger partial charge in [-0.2, -0.15) is 5.26 Å². The summed E-state index contributed by atoms with van der Waals surface area (Å²) in [6.07, 6.45) is 2.61. The van der Waals surface area contributed by atoms with Crippen LogP contribution < -0.4 is 5.32 Å². The second kappa shape index (κ2) is 5.48. The van der Waals surface area contributed by atoms with E-state index >= 15 is 0 Å². The van der Waals surface area contributed by atoms with Crippen LogP contribution in [0.1, 0.15) is 33.6 Å². The summed E-state index contributed by atoms with van der Waals surface area (Å²) in [5.74, 6) is 0.781. The highest BCUT2D eigenvalue weighted by atomic mass is 15.2. The van der Waals surface area contributed by atoms with Gasteiger partial charge in [0, 0.05) is 13.1 Å². The summed E-state index contributed by atoms with van der Waals surface area (Å²) in [5, 5.41) is 12.4. The number of rotatable bonds is 4. The quantitative estimate of drug-likeness (QED) is 0.764. The molecule has 0 saturated carbocycles. The van der Waals surface area contributed by atoms with Gasteiger partial charge in [-0.3, -0.25) is 5.32 Å². The van der Waals surface area contributed by atoms with Gasteiger partial charge in [-0.05, 0) is 38.8 Å². The molecule has 0 aromatic heterocycles. The fourth-order valence-electron chi connectivity index (χ4n) is 2.40. The Labute approximate surface area is 93.5 Å². The van der Waals surface area contributed by atoms with Gasteiger partial charge in [-0.1, -0.05) is 13.8 Å². The first-order valence-electron chi connectivity index (χ1n) is 5.98. The third-order valence-electron chi connectivity index (χ3n) is 3.09. The van der Waals surface area contributed by atoms with E-state index in [-0.39, 0.29) is 5.54 Å². The number of likely N-dealkylation sites (N-methyl/N-ethyl adjacent to an activating group) is 1. The molecule has 0 amide bonds. The molecule has 0 aromatic rings. The Bertz CT molecular complexity index is 234. The van der Waals surface area contributed by atoms with E-state index in [9.17, 15) is 5.26 Å². The lowest BCUT2D eigenvalue weighted by Crippen LogP contribution is -2.52. The van der Waals surface area contributed by atoms with Crippen LogP contribution in [0.3, 0.4) is 0 Å². The Hall–Kier alpha value is -0.590. The number of hydrogen-bond donors (Lipinski definition) is 1. The fraction of sp³-hybridized carbons (Fsp3) is 0.917. The molecule has 1 aliphatic rings. The molecule has 15 heavy (non-hydrogen) atoms. The summed E-state index contributed by atoms with van der Waals surface area (Å²) in [5.41, 5.74) is -0.383. The van der Waals surface area contributed by atoms with Gasteiger partial charge in [0.2, 0.25) is 0 Å². The summed E-state index contributed by atoms with van der Waals surface area (Å²) < 4.78 is 0. The van der Waals surface area contributed by atoms with E-state index in [4.69, 9.17) is 0 Å². The molecule has 1 heterocycles. The smallest absolute Gasteiger partial charge is 0.116 e. The third kappa shape index (κ3) is 3.81. The molecule has 0 spiro atoms. The number of nitrogens with one attached hydrogen (secondary N) is 1. The Morgan fingerprint density at radius 2 is 2.33 bits per heavy atom. The number of piperidine rings is 1. The van der Waals surface area contributed by atoms with E-state index in [2.05, 4.69) is 30.1 Å². The van der Waals surface area contributed by atoms with Crippen molar-refractivity contribution in [2.45, 2.75) is 39.2 Å².